The summed E-state index contributed by atoms with van der Waals surface area (Å²) in [6.45, 7) is 4.39. The normalized spacial score (nSPS) is 10.9. The van der Waals surface area contributed by atoms with Crippen LogP contribution in [0.15, 0.2) is 16.9 Å². The summed E-state index contributed by atoms with van der Waals surface area (Å²) in [5, 5.41) is 4.90. The van der Waals surface area contributed by atoms with E-state index in [2.05, 4.69) is 5.10 Å². The van der Waals surface area contributed by atoms with Gasteiger partial charge in [0.05, 0.1) is 21.4 Å². The minimum atomic E-state index is -0.233. The van der Waals surface area contributed by atoms with Crippen LogP contribution >= 0.6 is 23.2 Å². The van der Waals surface area contributed by atoms with Gasteiger partial charge in [-0.2, -0.15) is 9.78 Å². The van der Waals surface area contributed by atoms with E-state index in [1.54, 1.807) is 17.6 Å². The van der Waals surface area contributed by atoms with Crippen LogP contribution in [0.3, 0.4) is 0 Å². The molecule has 0 atom stereocenters. The van der Waals surface area contributed by atoms with Crippen molar-refractivity contribution in [3.05, 3.63) is 38.5 Å². The number of nitrogen functional groups attached to an aromatic ring is 1. The lowest BCUT2D eigenvalue weighted by molar-refractivity contribution is 0.633. The van der Waals surface area contributed by atoms with Crippen molar-refractivity contribution in [2.75, 3.05) is 5.73 Å². The first-order chi connectivity index (χ1) is 8.95. The van der Waals surface area contributed by atoms with E-state index in [9.17, 15) is 4.79 Å². The molecule has 0 fully saturated rings. The molecule has 0 saturated carbocycles. The summed E-state index contributed by atoms with van der Waals surface area (Å²) in [4.78, 5) is 12.3. The first-order valence-corrected chi connectivity index (χ1v) is 6.62. The van der Waals surface area contributed by atoms with Gasteiger partial charge in [-0.25, -0.2) is 4.79 Å². The zero-order chi connectivity index (χ0) is 14.2. The molecule has 0 saturated heterocycles. The quantitative estimate of drug-likeness (QED) is 0.886. The SMILES string of the molecule is CCCn1c(C)nn(-c2cc(N)c(Cl)cc2Cl)c1=O. The van der Waals surface area contributed by atoms with Crippen LogP contribution in [0.4, 0.5) is 5.69 Å². The van der Waals surface area contributed by atoms with E-state index in [1.165, 1.54) is 10.7 Å². The van der Waals surface area contributed by atoms with E-state index < -0.39 is 0 Å². The first kappa shape index (κ1) is 14.0. The summed E-state index contributed by atoms with van der Waals surface area (Å²) >= 11 is 12.0. The molecule has 1 heterocycles. The summed E-state index contributed by atoms with van der Waals surface area (Å²) in [5.41, 5.74) is 6.30. The van der Waals surface area contributed by atoms with E-state index in [1.807, 2.05) is 6.92 Å². The third-order valence-corrected chi connectivity index (χ3v) is 3.42. The van der Waals surface area contributed by atoms with Crippen molar-refractivity contribution in [2.45, 2.75) is 26.8 Å². The highest BCUT2D eigenvalue weighted by molar-refractivity contribution is 6.37. The van der Waals surface area contributed by atoms with Crippen LogP contribution in [-0.4, -0.2) is 14.3 Å². The summed E-state index contributed by atoms with van der Waals surface area (Å²) in [5.74, 6) is 0.636. The van der Waals surface area contributed by atoms with Gasteiger partial charge in [0.2, 0.25) is 0 Å². The Morgan fingerprint density at radius 3 is 2.63 bits per heavy atom. The van der Waals surface area contributed by atoms with Crippen molar-refractivity contribution in [1.82, 2.24) is 14.3 Å². The molecule has 7 heteroatoms. The van der Waals surface area contributed by atoms with Gasteiger partial charge in [0, 0.05) is 6.54 Å². The zero-order valence-electron chi connectivity index (χ0n) is 10.7. The first-order valence-electron chi connectivity index (χ1n) is 5.87. The van der Waals surface area contributed by atoms with Gasteiger partial charge in [0.25, 0.3) is 0 Å². The van der Waals surface area contributed by atoms with Gasteiger partial charge in [-0.3, -0.25) is 4.57 Å². The number of rotatable bonds is 3. The molecule has 0 aliphatic heterocycles. The smallest absolute Gasteiger partial charge is 0.350 e. The van der Waals surface area contributed by atoms with Crippen molar-refractivity contribution >= 4 is 28.9 Å². The molecule has 5 nitrogen and oxygen atoms in total. The monoisotopic (exact) mass is 300 g/mol. The summed E-state index contributed by atoms with van der Waals surface area (Å²) in [6.07, 6.45) is 0.850. The minimum absolute atomic E-state index is 0.233. The predicted molar refractivity (Wildman–Crippen MR) is 77.3 cm³/mol. The summed E-state index contributed by atoms with van der Waals surface area (Å²) in [7, 11) is 0. The van der Waals surface area contributed by atoms with Crippen LogP contribution in [0.5, 0.6) is 0 Å². The highest BCUT2D eigenvalue weighted by Crippen LogP contribution is 2.28. The molecule has 0 aliphatic carbocycles. The molecule has 102 valence electrons. The van der Waals surface area contributed by atoms with Gasteiger partial charge in [-0.15, -0.1) is 0 Å². The maximum atomic E-state index is 12.3. The fourth-order valence-corrected chi connectivity index (χ4v) is 2.31. The Morgan fingerprint density at radius 1 is 1.32 bits per heavy atom. The van der Waals surface area contributed by atoms with Gasteiger partial charge in [-0.1, -0.05) is 30.1 Å². The number of aromatic nitrogens is 3. The van der Waals surface area contributed by atoms with Crippen LogP contribution in [0.2, 0.25) is 10.0 Å². The van der Waals surface area contributed by atoms with Crippen LogP contribution < -0.4 is 11.4 Å². The largest absolute Gasteiger partial charge is 0.397 e. The molecule has 0 bridgehead atoms. The van der Waals surface area contributed by atoms with Gasteiger partial charge in [0.15, 0.2) is 0 Å². The average molecular weight is 301 g/mol. The Balaban J connectivity index is 2.63. The van der Waals surface area contributed by atoms with Gasteiger partial charge in [0.1, 0.15) is 5.82 Å². The molecule has 2 rings (SSSR count). The highest BCUT2D eigenvalue weighted by atomic mass is 35.5. The van der Waals surface area contributed by atoms with E-state index >= 15 is 0 Å². The van der Waals surface area contributed by atoms with Gasteiger partial charge in [-0.05, 0) is 25.5 Å². The van der Waals surface area contributed by atoms with Crippen molar-refractivity contribution in [3.63, 3.8) is 0 Å². The number of hydrogen-bond donors (Lipinski definition) is 1. The van der Waals surface area contributed by atoms with Crippen LogP contribution in [0.1, 0.15) is 19.2 Å². The Labute approximate surface area is 120 Å². The van der Waals surface area contributed by atoms with E-state index in [4.69, 9.17) is 28.9 Å². The van der Waals surface area contributed by atoms with Crippen LogP contribution in [-0.2, 0) is 6.54 Å². The number of halogens is 2. The molecule has 0 amide bonds. The molecule has 0 radical (unpaired) electrons. The highest BCUT2D eigenvalue weighted by Gasteiger charge is 2.14. The Hall–Kier alpha value is -1.46. The molecular formula is C12H14Cl2N4O. The van der Waals surface area contributed by atoms with Crippen molar-refractivity contribution < 1.29 is 0 Å². The minimum Gasteiger partial charge on any atom is -0.397 e. The molecule has 1 aromatic carbocycles. The third-order valence-electron chi connectivity index (χ3n) is 2.79. The molecule has 19 heavy (non-hydrogen) atoms. The molecular weight excluding hydrogens is 287 g/mol. The number of anilines is 1. The second-order valence-corrected chi connectivity index (χ2v) is 5.03. The Morgan fingerprint density at radius 2 is 2.00 bits per heavy atom. The van der Waals surface area contributed by atoms with Crippen molar-refractivity contribution in [3.8, 4) is 5.69 Å². The second kappa shape index (κ2) is 5.27. The standard InChI is InChI=1S/C12H14Cl2N4O/c1-3-4-17-7(2)16-18(12(17)19)11-6-10(15)8(13)5-9(11)14/h5-6H,3-4,15H2,1-2H3. The predicted octanol–water partition coefficient (Wildman–Crippen LogP) is 2.64. The van der Waals surface area contributed by atoms with Crippen LogP contribution in [0, 0.1) is 6.92 Å². The lowest BCUT2D eigenvalue weighted by Gasteiger charge is -2.05. The second-order valence-electron chi connectivity index (χ2n) is 4.22. The Kier molecular flexibility index (Phi) is 3.87. The maximum Gasteiger partial charge on any atom is 0.350 e. The lowest BCUT2D eigenvalue weighted by Crippen LogP contribution is -2.24. The molecule has 0 spiro atoms. The molecule has 0 aliphatic rings. The fourth-order valence-electron chi connectivity index (χ4n) is 1.85. The number of nitrogens with zero attached hydrogens (tertiary/aromatic N) is 3. The number of hydrogen-bond acceptors (Lipinski definition) is 3. The van der Waals surface area contributed by atoms with Gasteiger partial charge >= 0.3 is 5.69 Å². The lowest BCUT2D eigenvalue weighted by atomic mass is 10.3. The molecule has 2 aromatic rings. The number of nitrogens with two attached hydrogens (primary N) is 1. The summed E-state index contributed by atoms with van der Waals surface area (Å²) < 4.78 is 2.85. The van der Waals surface area contributed by atoms with E-state index in [-0.39, 0.29) is 5.69 Å². The van der Waals surface area contributed by atoms with Gasteiger partial charge < -0.3 is 5.73 Å². The van der Waals surface area contributed by atoms with Crippen molar-refractivity contribution in [1.29, 1.82) is 0 Å². The number of aryl methyl sites for hydroxylation is 1. The average Bonchev–Trinajstić information content (AvgIpc) is 2.62. The zero-order valence-corrected chi connectivity index (χ0v) is 12.2. The van der Waals surface area contributed by atoms with E-state index in [0.29, 0.717) is 33.8 Å². The fraction of sp³-hybridized carbons (Fsp3) is 0.333. The Bertz CT molecular complexity index is 675. The maximum absolute atomic E-state index is 12.3. The molecule has 0 unspecified atom stereocenters. The van der Waals surface area contributed by atoms with E-state index in [0.717, 1.165) is 6.42 Å². The van der Waals surface area contributed by atoms with Crippen molar-refractivity contribution in [2.24, 2.45) is 0 Å². The summed E-state index contributed by atoms with van der Waals surface area (Å²) in [6, 6.07) is 3.06. The topological polar surface area (TPSA) is 65.8 Å². The number of benzene rings is 1. The molecule has 1 aromatic heterocycles. The molecule has 2 N–H and O–H groups in total. The van der Waals surface area contributed by atoms with Crippen LogP contribution in [0.25, 0.3) is 5.69 Å². The third kappa shape index (κ3) is 2.48.